The van der Waals surface area contributed by atoms with E-state index >= 15 is 0 Å². The molecule has 1 aromatic rings. The van der Waals surface area contributed by atoms with Gasteiger partial charge in [-0.2, -0.15) is 0 Å². The molecule has 0 aliphatic rings. The van der Waals surface area contributed by atoms with Gasteiger partial charge in [0, 0.05) is 11.8 Å². The van der Waals surface area contributed by atoms with E-state index in [1.54, 1.807) is 19.1 Å². The molecule has 18 heavy (non-hydrogen) atoms. The Labute approximate surface area is 106 Å². The Morgan fingerprint density at radius 1 is 1.39 bits per heavy atom. The third-order valence-corrected chi connectivity index (χ3v) is 3.39. The van der Waals surface area contributed by atoms with E-state index in [1.165, 1.54) is 18.1 Å². The number of benzene rings is 1. The molecule has 0 aliphatic heterocycles. The number of carbonyl (C=O) groups excluding carboxylic acids is 1. The minimum absolute atomic E-state index is 0.175. The molecule has 0 saturated carbocycles. The summed E-state index contributed by atoms with van der Waals surface area (Å²) < 4.78 is 24.6. The summed E-state index contributed by atoms with van der Waals surface area (Å²) in [5.74, 6) is 0.954. The number of hydrogen-bond donors (Lipinski definition) is 1. The van der Waals surface area contributed by atoms with Crippen molar-refractivity contribution in [3.8, 4) is 0 Å². The summed E-state index contributed by atoms with van der Waals surface area (Å²) in [6.45, 7) is 1.84. The summed E-state index contributed by atoms with van der Waals surface area (Å²) in [6, 6.07) is 6.17. The molecular formula is C11H14N2O4S. The normalized spacial score (nSPS) is 10.7. The van der Waals surface area contributed by atoms with Gasteiger partial charge in [0.1, 0.15) is 11.7 Å². The fourth-order valence-corrected chi connectivity index (χ4v) is 2.36. The summed E-state index contributed by atoms with van der Waals surface area (Å²) in [7, 11) is -3.76. The Morgan fingerprint density at radius 2 is 2.00 bits per heavy atom. The number of rotatable bonds is 6. The van der Waals surface area contributed by atoms with Crippen LogP contribution in [-0.2, 0) is 19.7 Å². The SMILES string of the molecule is CCON(c1ccc(N)cc1)S(=O)(=O)CC=C=O. The molecule has 0 heterocycles. The van der Waals surface area contributed by atoms with Crippen molar-refractivity contribution in [2.24, 2.45) is 0 Å². The van der Waals surface area contributed by atoms with Gasteiger partial charge in [0.15, 0.2) is 0 Å². The smallest absolute Gasteiger partial charge is 0.261 e. The quantitative estimate of drug-likeness (QED) is 0.468. The maximum atomic E-state index is 11.9. The van der Waals surface area contributed by atoms with Gasteiger partial charge in [0.2, 0.25) is 0 Å². The second kappa shape index (κ2) is 6.20. The van der Waals surface area contributed by atoms with Crippen LogP contribution in [0.15, 0.2) is 30.3 Å². The Bertz CT molecular complexity index is 533. The van der Waals surface area contributed by atoms with Gasteiger partial charge in [0.05, 0.1) is 12.3 Å². The Hall–Kier alpha value is -1.82. The van der Waals surface area contributed by atoms with Gasteiger partial charge in [-0.1, -0.05) is 0 Å². The maximum Gasteiger partial charge on any atom is 0.261 e. The van der Waals surface area contributed by atoms with Crippen LogP contribution in [0.4, 0.5) is 11.4 Å². The molecule has 1 rings (SSSR count). The van der Waals surface area contributed by atoms with Crippen LogP contribution in [0.3, 0.4) is 0 Å². The molecule has 0 saturated heterocycles. The molecule has 7 heteroatoms. The van der Waals surface area contributed by atoms with Crippen molar-refractivity contribution in [3.63, 3.8) is 0 Å². The number of hydrogen-bond acceptors (Lipinski definition) is 5. The molecule has 1 aromatic carbocycles. The van der Waals surface area contributed by atoms with Crippen LogP contribution in [0.25, 0.3) is 0 Å². The van der Waals surface area contributed by atoms with Crippen LogP contribution >= 0.6 is 0 Å². The van der Waals surface area contributed by atoms with Crippen LogP contribution in [-0.4, -0.2) is 26.7 Å². The van der Waals surface area contributed by atoms with Crippen molar-refractivity contribution in [2.45, 2.75) is 6.92 Å². The molecule has 6 nitrogen and oxygen atoms in total. The zero-order valence-electron chi connectivity index (χ0n) is 9.87. The molecule has 0 amide bonds. The fraction of sp³-hybridized carbons (Fsp3) is 0.273. The molecule has 2 N–H and O–H groups in total. The molecule has 98 valence electrons. The van der Waals surface area contributed by atoms with Gasteiger partial charge in [0.25, 0.3) is 10.0 Å². The van der Waals surface area contributed by atoms with Crippen molar-refractivity contribution in [1.29, 1.82) is 0 Å². The highest BCUT2D eigenvalue weighted by Gasteiger charge is 2.22. The lowest BCUT2D eigenvalue weighted by Gasteiger charge is -2.21. The van der Waals surface area contributed by atoms with Gasteiger partial charge in [-0.05, 0) is 31.2 Å². The second-order valence-electron chi connectivity index (χ2n) is 3.34. The summed E-state index contributed by atoms with van der Waals surface area (Å²) in [4.78, 5) is 15.2. The van der Waals surface area contributed by atoms with Crippen LogP contribution in [0.5, 0.6) is 0 Å². The molecule has 0 radical (unpaired) electrons. The van der Waals surface area contributed by atoms with E-state index in [0.717, 1.165) is 10.5 Å². The molecule has 0 bridgehead atoms. The zero-order chi connectivity index (χ0) is 13.6. The third kappa shape index (κ3) is 3.59. The number of sulfonamides is 1. The van der Waals surface area contributed by atoms with Crippen molar-refractivity contribution in [3.05, 3.63) is 30.3 Å². The van der Waals surface area contributed by atoms with E-state index in [2.05, 4.69) is 0 Å². The van der Waals surface area contributed by atoms with Gasteiger partial charge in [-0.3, -0.25) is 4.84 Å². The van der Waals surface area contributed by atoms with Crippen molar-refractivity contribution in [1.82, 2.24) is 0 Å². The number of anilines is 2. The zero-order valence-corrected chi connectivity index (χ0v) is 10.7. The average Bonchev–Trinajstić information content (AvgIpc) is 2.35. The molecule has 0 unspecified atom stereocenters. The van der Waals surface area contributed by atoms with E-state index in [9.17, 15) is 13.2 Å². The van der Waals surface area contributed by atoms with Gasteiger partial charge < -0.3 is 5.73 Å². The van der Waals surface area contributed by atoms with Crippen LogP contribution in [0, 0.1) is 0 Å². The standard InChI is InChI=1S/C11H14N2O4S/c1-2-17-13(18(15,16)9-3-8-14)11-6-4-10(12)5-7-11/h3-7H,2,9,12H2,1H3. The summed E-state index contributed by atoms with van der Waals surface area (Å²) >= 11 is 0. The third-order valence-electron chi connectivity index (χ3n) is 1.98. The minimum Gasteiger partial charge on any atom is -0.399 e. The van der Waals surface area contributed by atoms with Crippen LogP contribution < -0.4 is 10.2 Å². The second-order valence-corrected chi connectivity index (χ2v) is 5.17. The lowest BCUT2D eigenvalue weighted by molar-refractivity contribution is 0.163. The van der Waals surface area contributed by atoms with Gasteiger partial charge in [-0.15, -0.1) is 4.47 Å². The lowest BCUT2D eigenvalue weighted by Crippen LogP contribution is -2.32. The Morgan fingerprint density at radius 3 is 2.50 bits per heavy atom. The van der Waals surface area contributed by atoms with Crippen molar-refractivity contribution >= 4 is 27.3 Å². The maximum absolute atomic E-state index is 11.9. The summed E-state index contributed by atoms with van der Waals surface area (Å²) in [5.41, 5.74) is 6.36. The molecular weight excluding hydrogens is 256 g/mol. The van der Waals surface area contributed by atoms with E-state index in [-0.39, 0.29) is 6.61 Å². The molecule has 0 aliphatic carbocycles. The molecule has 0 spiro atoms. The highest BCUT2D eigenvalue weighted by atomic mass is 32.2. The van der Waals surface area contributed by atoms with E-state index in [1.807, 2.05) is 0 Å². The lowest BCUT2D eigenvalue weighted by atomic mass is 10.3. The first-order valence-electron chi connectivity index (χ1n) is 5.22. The largest absolute Gasteiger partial charge is 0.399 e. The predicted molar refractivity (Wildman–Crippen MR) is 69.0 cm³/mol. The van der Waals surface area contributed by atoms with Gasteiger partial charge >= 0.3 is 0 Å². The Balaban J connectivity index is 3.09. The number of nitrogens with two attached hydrogens (primary N) is 1. The van der Waals surface area contributed by atoms with Crippen molar-refractivity contribution in [2.75, 3.05) is 22.6 Å². The predicted octanol–water partition coefficient (Wildman–Crippen LogP) is 0.744. The van der Waals surface area contributed by atoms with Crippen LogP contribution in [0.2, 0.25) is 0 Å². The first-order chi connectivity index (χ1) is 8.51. The fourth-order valence-electron chi connectivity index (χ4n) is 1.24. The topological polar surface area (TPSA) is 89.7 Å². The summed E-state index contributed by atoms with van der Waals surface area (Å²) in [6.07, 6.45) is 0.888. The molecule has 0 atom stereocenters. The van der Waals surface area contributed by atoms with E-state index in [0.29, 0.717) is 11.4 Å². The van der Waals surface area contributed by atoms with E-state index in [4.69, 9.17) is 10.6 Å². The minimum atomic E-state index is -3.76. The average molecular weight is 270 g/mol. The number of nitrogen functional groups attached to an aromatic ring is 1. The molecule has 0 aromatic heterocycles. The highest BCUT2D eigenvalue weighted by Crippen LogP contribution is 2.20. The highest BCUT2D eigenvalue weighted by molar-refractivity contribution is 7.92. The van der Waals surface area contributed by atoms with Gasteiger partial charge in [-0.25, -0.2) is 13.2 Å². The Kier molecular flexibility index (Phi) is 4.91. The van der Waals surface area contributed by atoms with Crippen LogP contribution in [0.1, 0.15) is 6.92 Å². The monoisotopic (exact) mass is 270 g/mol. The first-order valence-corrected chi connectivity index (χ1v) is 6.83. The summed E-state index contributed by atoms with van der Waals surface area (Å²) in [5, 5.41) is 0. The van der Waals surface area contributed by atoms with Crippen molar-refractivity contribution < 1.29 is 18.0 Å². The number of nitrogens with zero attached hydrogens (tertiary/aromatic N) is 1. The van der Waals surface area contributed by atoms with E-state index < -0.39 is 15.8 Å². The first kappa shape index (κ1) is 14.2. The molecule has 0 fully saturated rings.